The zero-order chi connectivity index (χ0) is 14.7. The van der Waals surface area contributed by atoms with Crippen LogP contribution in [-0.2, 0) is 9.47 Å². The minimum atomic E-state index is -0.939. The molecule has 0 heterocycles. The van der Waals surface area contributed by atoms with E-state index in [2.05, 4.69) is 0 Å². The maximum atomic E-state index is 9.44. The summed E-state index contributed by atoms with van der Waals surface area (Å²) in [6, 6.07) is 0. The second-order valence-electron chi connectivity index (χ2n) is 4.71. The summed E-state index contributed by atoms with van der Waals surface area (Å²) in [5, 5.41) is 45.0. The molecule has 0 spiro atoms. The largest absolute Gasteiger partial charge is 0.396 e. The van der Waals surface area contributed by atoms with E-state index in [1.54, 1.807) is 0 Å². The second kappa shape index (κ2) is 10.5. The van der Waals surface area contributed by atoms with Crippen LogP contribution < -0.4 is 0 Å². The van der Waals surface area contributed by atoms with E-state index in [0.29, 0.717) is 6.42 Å². The molecule has 0 aliphatic carbocycles. The predicted molar refractivity (Wildman–Crippen MR) is 67.6 cm³/mol. The van der Waals surface area contributed by atoms with Gasteiger partial charge in [-0.15, -0.1) is 0 Å². The van der Waals surface area contributed by atoms with Crippen LogP contribution in [0.2, 0.25) is 0 Å². The Labute approximate surface area is 113 Å². The average Bonchev–Trinajstić information content (AvgIpc) is 2.45. The summed E-state index contributed by atoms with van der Waals surface area (Å²) in [5.74, 6) is 0. The maximum Gasteiger partial charge on any atom is 0.100 e. The van der Waals surface area contributed by atoms with Gasteiger partial charge < -0.3 is 35.0 Å². The fourth-order valence-electron chi connectivity index (χ4n) is 1.38. The molecular weight excluding hydrogens is 256 g/mol. The van der Waals surface area contributed by atoms with E-state index < -0.39 is 17.6 Å². The Balaban J connectivity index is 4.10. The van der Waals surface area contributed by atoms with Crippen LogP contribution in [0.5, 0.6) is 0 Å². The van der Waals surface area contributed by atoms with Gasteiger partial charge in [0.15, 0.2) is 0 Å². The number of aliphatic hydroxyl groups excluding tert-OH is 5. The molecule has 0 amide bonds. The van der Waals surface area contributed by atoms with Crippen molar-refractivity contribution in [1.29, 1.82) is 0 Å². The van der Waals surface area contributed by atoms with Crippen LogP contribution in [0.15, 0.2) is 0 Å². The fourth-order valence-corrected chi connectivity index (χ4v) is 1.38. The number of rotatable bonds is 12. The van der Waals surface area contributed by atoms with Gasteiger partial charge in [-0.1, -0.05) is 6.92 Å². The highest BCUT2D eigenvalue weighted by molar-refractivity contribution is 4.77. The third-order valence-electron chi connectivity index (χ3n) is 2.94. The number of aliphatic hydroxyl groups is 5. The Bertz CT molecular complexity index is 190. The quantitative estimate of drug-likeness (QED) is 0.284. The van der Waals surface area contributed by atoms with Gasteiger partial charge in [-0.3, -0.25) is 0 Å². The highest BCUT2D eigenvalue weighted by Gasteiger charge is 2.29. The van der Waals surface area contributed by atoms with Crippen molar-refractivity contribution in [2.24, 2.45) is 5.41 Å². The molecule has 0 rings (SSSR count). The lowest BCUT2D eigenvalue weighted by Crippen LogP contribution is -2.38. The second-order valence-corrected chi connectivity index (χ2v) is 4.71. The van der Waals surface area contributed by atoms with Gasteiger partial charge in [-0.05, 0) is 6.42 Å². The molecule has 7 heteroatoms. The van der Waals surface area contributed by atoms with E-state index in [9.17, 15) is 5.11 Å². The summed E-state index contributed by atoms with van der Waals surface area (Å²) >= 11 is 0. The zero-order valence-electron chi connectivity index (χ0n) is 11.4. The maximum absolute atomic E-state index is 9.44. The molecule has 0 bridgehead atoms. The average molecular weight is 282 g/mol. The topological polar surface area (TPSA) is 120 Å². The molecule has 0 aromatic carbocycles. The molecule has 0 aromatic rings. The molecule has 2 unspecified atom stereocenters. The highest BCUT2D eigenvalue weighted by atomic mass is 16.5. The summed E-state index contributed by atoms with van der Waals surface area (Å²) in [5.41, 5.74) is -0.621. The van der Waals surface area contributed by atoms with Crippen LogP contribution in [0, 0.1) is 5.41 Å². The highest BCUT2D eigenvalue weighted by Crippen LogP contribution is 2.22. The molecule has 0 radical (unpaired) electrons. The number of hydrogen-bond donors (Lipinski definition) is 5. The normalized spacial score (nSPS) is 18.0. The minimum Gasteiger partial charge on any atom is -0.396 e. The molecule has 0 aliphatic heterocycles. The molecular formula is C12H26O7. The smallest absolute Gasteiger partial charge is 0.100 e. The van der Waals surface area contributed by atoms with Gasteiger partial charge >= 0.3 is 0 Å². The van der Waals surface area contributed by atoms with Crippen molar-refractivity contribution in [1.82, 2.24) is 0 Å². The van der Waals surface area contributed by atoms with Crippen LogP contribution in [-0.4, -0.2) is 84.0 Å². The van der Waals surface area contributed by atoms with E-state index >= 15 is 0 Å². The van der Waals surface area contributed by atoms with Gasteiger partial charge in [-0.2, -0.15) is 0 Å². The Hall–Kier alpha value is -0.280. The molecule has 0 aromatic heterocycles. The van der Waals surface area contributed by atoms with Gasteiger partial charge in [0.1, 0.15) is 12.2 Å². The third kappa shape index (κ3) is 7.78. The summed E-state index contributed by atoms with van der Waals surface area (Å²) in [7, 11) is 0. The first-order chi connectivity index (χ1) is 9.03. The van der Waals surface area contributed by atoms with Gasteiger partial charge in [0.2, 0.25) is 0 Å². The molecule has 116 valence electrons. The van der Waals surface area contributed by atoms with Gasteiger partial charge in [0.05, 0.1) is 46.2 Å². The molecule has 19 heavy (non-hydrogen) atoms. The molecule has 2 atom stereocenters. The third-order valence-corrected chi connectivity index (χ3v) is 2.94. The van der Waals surface area contributed by atoms with Crippen molar-refractivity contribution in [3.63, 3.8) is 0 Å². The van der Waals surface area contributed by atoms with E-state index in [0.717, 1.165) is 0 Å². The van der Waals surface area contributed by atoms with Crippen LogP contribution in [0.25, 0.3) is 0 Å². The van der Waals surface area contributed by atoms with Crippen molar-refractivity contribution in [2.45, 2.75) is 25.6 Å². The summed E-state index contributed by atoms with van der Waals surface area (Å²) < 4.78 is 10.5. The standard InChI is InChI=1S/C12H26O7/c1-2-12(7-15,8-18-5-10(16)3-13)9-19-6-11(17)4-14/h10-11,13-17H,2-9H2,1H3. The van der Waals surface area contributed by atoms with Crippen LogP contribution in [0.4, 0.5) is 0 Å². The van der Waals surface area contributed by atoms with Gasteiger partial charge in [0, 0.05) is 5.41 Å². The van der Waals surface area contributed by atoms with Gasteiger partial charge in [0.25, 0.3) is 0 Å². The molecule has 0 fully saturated rings. The molecule has 0 aliphatic rings. The molecule has 7 nitrogen and oxygen atoms in total. The van der Waals surface area contributed by atoms with E-state index in [4.69, 9.17) is 29.9 Å². The zero-order valence-corrected chi connectivity index (χ0v) is 11.4. The van der Waals surface area contributed by atoms with E-state index in [-0.39, 0.29) is 46.2 Å². The fraction of sp³-hybridized carbons (Fsp3) is 1.00. The Morgan fingerprint density at radius 3 is 1.58 bits per heavy atom. The van der Waals surface area contributed by atoms with E-state index in [1.165, 1.54) is 0 Å². The van der Waals surface area contributed by atoms with Crippen LogP contribution >= 0.6 is 0 Å². The lowest BCUT2D eigenvalue weighted by atomic mass is 9.88. The van der Waals surface area contributed by atoms with E-state index in [1.807, 2.05) is 6.92 Å². The lowest BCUT2D eigenvalue weighted by Gasteiger charge is -2.30. The number of hydrogen-bond acceptors (Lipinski definition) is 7. The van der Waals surface area contributed by atoms with Crippen LogP contribution in [0.3, 0.4) is 0 Å². The minimum absolute atomic E-state index is 0.0164. The van der Waals surface area contributed by atoms with Crippen molar-refractivity contribution >= 4 is 0 Å². The summed E-state index contributed by atoms with van der Waals surface area (Å²) in [6.45, 7) is 1.27. The SMILES string of the molecule is CCC(CO)(COCC(O)CO)COCC(O)CO. The first-order valence-corrected chi connectivity index (χ1v) is 6.37. The summed E-state index contributed by atoms with van der Waals surface area (Å²) in [4.78, 5) is 0. The monoisotopic (exact) mass is 282 g/mol. The number of ether oxygens (including phenoxy) is 2. The van der Waals surface area contributed by atoms with Gasteiger partial charge in [-0.25, -0.2) is 0 Å². The Morgan fingerprint density at radius 2 is 1.32 bits per heavy atom. The first kappa shape index (κ1) is 18.7. The molecule has 0 saturated heterocycles. The van der Waals surface area contributed by atoms with Crippen molar-refractivity contribution in [3.8, 4) is 0 Å². The molecule has 0 saturated carbocycles. The van der Waals surface area contributed by atoms with Crippen molar-refractivity contribution in [2.75, 3.05) is 46.2 Å². The van der Waals surface area contributed by atoms with Crippen molar-refractivity contribution < 1.29 is 35.0 Å². The predicted octanol–water partition coefficient (Wildman–Crippen LogP) is -1.89. The Morgan fingerprint density at radius 1 is 0.895 bits per heavy atom. The Kier molecular flexibility index (Phi) is 10.3. The summed E-state index contributed by atoms with van der Waals surface area (Å²) in [6.07, 6.45) is -1.29. The first-order valence-electron chi connectivity index (χ1n) is 6.37. The van der Waals surface area contributed by atoms with Crippen LogP contribution in [0.1, 0.15) is 13.3 Å². The molecule has 5 N–H and O–H groups in total. The lowest BCUT2D eigenvalue weighted by molar-refractivity contribution is -0.0870. The van der Waals surface area contributed by atoms with Crippen molar-refractivity contribution in [3.05, 3.63) is 0 Å².